The third-order valence-corrected chi connectivity index (χ3v) is 4.82. The fourth-order valence-electron chi connectivity index (χ4n) is 1.80. The minimum absolute atomic E-state index is 0.000255. The number of rotatable bonds is 2. The van der Waals surface area contributed by atoms with E-state index in [1.807, 2.05) is 0 Å². The highest BCUT2D eigenvalue weighted by Crippen LogP contribution is 2.25. The van der Waals surface area contributed by atoms with E-state index in [9.17, 15) is 13.2 Å². The van der Waals surface area contributed by atoms with Gasteiger partial charge in [-0.2, -0.15) is 4.31 Å². The van der Waals surface area contributed by atoms with Crippen LogP contribution in [-0.4, -0.2) is 47.2 Å². The number of nitrogens with zero attached hydrogens (tertiary/aromatic N) is 2. The van der Waals surface area contributed by atoms with Crippen molar-refractivity contribution in [1.29, 1.82) is 0 Å². The van der Waals surface area contributed by atoms with E-state index < -0.39 is 15.6 Å². The van der Waals surface area contributed by atoms with Gasteiger partial charge in [-0.1, -0.05) is 0 Å². The number of hydrogen-bond donors (Lipinski definition) is 2. The van der Waals surface area contributed by atoms with Gasteiger partial charge in [0, 0.05) is 13.1 Å². The summed E-state index contributed by atoms with van der Waals surface area (Å²) in [7, 11) is -3.70. The van der Waals surface area contributed by atoms with Crippen LogP contribution >= 0.6 is 0 Å². The van der Waals surface area contributed by atoms with E-state index in [0.717, 1.165) is 0 Å². The van der Waals surface area contributed by atoms with Crippen molar-refractivity contribution in [3.8, 4) is 0 Å². The van der Waals surface area contributed by atoms with Crippen molar-refractivity contribution in [2.75, 3.05) is 13.1 Å². The highest BCUT2D eigenvalue weighted by molar-refractivity contribution is 7.89. The van der Waals surface area contributed by atoms with Gasteiger partial charge in [-0.25, -0.2) is 13.4 Å². The maximum Gasteiger partial charge on any atom is 0.261 e. The Morgan fingerprint density at radius 3 is 2.76 bits per heavy atom. The predicted octanol–water partition coefficient (Wildman–Crippen LogP) is -0.691. The molecule has 0 bridgehead atoms. The number of hydrogen-bond acceptors (Lipinski definition) is 4. The molecule has 94 valence electrons. The molecule has 8 heteroatoms. The van der Waals surface area contributed by atoms with Crippen LogP contribution in [0.2, 0.25) is 0 Å². The van der Waals surface area contributed by atoms with Crippen molar-refractivity contribution in [3.05, 3.63) is 12.5 Å². The Bertz CT molecular complexity index is 520. The minimum Gasteiger partial charge on any atom is -0.353 e. The lowest BCUT2D eigenvalue weighted by molar-refractivity contribution is -0.131. The van der Waals surface area contributed by atoms with E-state index in [0.29, 0.717) is 6.54 Å². The average Bonchev–Trinajstić information content (AvgIpc) is 2.75. The van der Waals surface area contributed by atoms with Crippen LogP contribution in [0.25, 0.3) is 0 Å². The van der Waals surface area contributed by atoms with Crippen LogP contribution in [0.5, 0.6) is 0 Å². The highest BCUT2D eigenvalue weighted by atomic mass is 32.2. The maximum absolute atomic E-state index is 12.3. The molecule has 0 aromatic carbocycles. The van der Waals surface area contributed by atoms with Crippen LogP contribution in [0, 0.1) is 0 Å². The molecule has 1 aromatic heterocycles. The minimum atomic E-state index is -3.70. The number of nitrogens with one attached hydrogen (secondary N) is 2. The summed E-state index contributed by atoms with van der Waals surface area (Å²) < 4.78 is 25.8. The Kier molecular flexibility index (Phi) is 2.70. The molecule has 0 unspecified atom stereocenters. The largest absolute Gasteiger partial charge is 0.353 e. The van der Waals surface area contributed by atoms with E-state index in [2.05, 4.69) is 15.3 Å². The number of aromatic nitrogens is 2. The van der Waals surface area contributed by atoms with Crippen LogP contribution < -0.4 is 5.32 Å². The zero-order valence-corrected chi connectivity index (χ0v) is 10.4. The lowest BCUT2D eigenvalue weighted by atomic mass is 10.0. The molecule has 1 fully saturated rings. The Morgan fingerprint density at radius 1 is 1.47 bits per heavy atom. The fraction of sp³-hybridized carbons (Fsp3) is 0.556. The fourth-order valence-corrected chi connectivity index (χ4v) is 3.45. The number of piperazine rings is 1. The van der Waals surface area contributed by atoms with Crippen molar-refractivity contribution >= 4 is 15.9 Å². The summed E-state index contributed by atoms with van der Waals surface area (Å²) >= 11 is 0. The summed E-state index contributed by atoms with van der Waals surface area (Å²) in [5, 5.41) is 2.65. The summed E-state index contributed by atoms with van der Waals surface area (Å²) in [6.45, 7) is 3.72. The number of carbonyl (C=O) groups is 1. The molecular formula is C9H14N4O3S. The van der Waals surface area contributed by atoms with E-state index in [1.54, 1.807) is 13.8 Å². The van der Waals surface area contributed by atoms with Crippen LogP contribution in [0.15, 0.2) is 17.6 Å². The first-order valence-corrected chi connectivity index (χ1v) is 6.60. The van der Waals surface area contributed by atoms with Crippen molar-refractivity contribution < 1.29 is 13.2 Å². The molecule has 2 N–H and O–H groups in total. The molecule has 0 aliphatic carbocycles. The lowest BCUT2D eigenvalue weighted by Gasteiger charge is -2.39. The number of imidazole rings is 1. The van der Waals surface area contributed by atoms with E-state index in [-0.39, 0.29) is 17.5 Å². The van der Waals surface area contributed by atoms with Gasteiger partial charge in [0.1, 0.15) is 5.54 Å². The van der Waals surface area contributed by atoms with Crippen LogP contribution in [-0.2, 0) is 14.8 Å². The number of carbonyl (C=O) groups excluding carboxylic acids is 1. The molecule has 0 atom stereocenters. The third-order valence-electron chi connectivity index (χ3n) is 2.82. The average molecular weight is 258 g/mol. The second kappa shape index (κ2) is 3.81. The van der Waals surface area contributed by atoms with Gasteiger partial charge in [0.2, 0.25) is 5.91 Å². The number of sulfonamides is 1. The van der Waals surface area contributed by atoms with Gasteiger partial charge in [-0.3, -0.25) is 4.79 Å². The lowest BCUT2D eigenvalue weighted by Crippen LogP contribution is -2.63. The summed E-state index contributed by atoms with van der Waals surface area (Å²) in [4.78, 5) is 17.9. The van der Waals surface area contributed by atoms with Gasteiger partial charge >= 0.3 is 0 Å². The molecule has 1 saturated heterocycles. The van der Waals surface area contributed by atoms with Crippen LogP contribution in [0.1, 0.15) is 13.8 Å². The molecular weight excluding hydrogens is 244 g/mol. The molecule has 1 aliphatic heterocycles. The van der Waals surface area contributed by atoms with Crippen molar-refractivity contribution in [2.24, 2.45) is 0 Å². The van der Waals surface area contributed by atoms with Gasteiger partial charge in [0.25, 0.3) is 10.0 Å². The van der Waals surface area contributed by atoms with Gasteiger partial charge in [-0.05, 0) is 13.8 Å². The van der Waals surface area contributed by atoms with Crippen LogP contribution in [0.3, 0.4) is 0 Å². The molecule has 17 heavy (non-hydrogen) atoms. The van der Waals surface area contributed by atoms with Gasteiger partial charge in [0.15, 0.2) is 5.03 Å². The molecule has 2 rings (SSSR count). The first-order chi connectivity index (χ1) is 7.87. The third kappa shape index (κ3) is 1.83. The summed E-state index contributed by atoms with van der Waals surface area (Å²) in [5.74, 6) is -0.299. The standard InChI is InChI=1S/C9H14N4O3S/c1-9(2)8(14)11-3-4-13(9)17(15,16)7-5-10-6-12-7/h5-6H,3-4H2,1-2H3,(H,10,12)(H,11,14). The smallest absolute Gasteiger partial charge is 0.261 e. The highest BCUT2D eigenvalue weighted by Gasteiger charge is 2.45. The first-order valence-electron chi connectivity index (χ1n) is 5.16. The van der Waals surface area contributed by atoms with Crippen LogP contribution in [0.4, 0.5) is 0 Å². The molecule has 1 aliphatic rings. The van der Waals surface area contributed by atoms with Gasteiger partial charge < -0.3 is 10.3 Å². The van der Waals surface area contributed by atoms with Gasteiger partial charge in [-0.15, -0.1) is 0 Å². The summed E-state index contributed by atoms with van der Waals surface area (Å²) in [5.41, 5.74) is -1.10. The normalized spacial score (nSPS) is 21.2. The Hall–Kier alpha value is -1.41. The zero-order chi connectivity index (χ0) is 12.7. The first kappa shape index (κ1) is 12.1. The molecule has 0 spiro atoms. The molecule has 2 heterocycles. The molecule has 1 aromatic rings. The Morgan fingerprint density at radius 2 is 2.18 bits per heavy atom. The summed E-state index contributed by atoms with van der Waals surface area (Å²) in [6, 6.07) is 0. The van der Waals surface area contributed by atoms with E-state index >= 15 is 0 Å². The van der Waals surface area contributed by atoms with Crippen molar-refractivity contribution in [2.45, 2.75) is 24.4 Å². The number of aromatic amines is 1. The summed E-state index contributed by atoms with van der Waals surface area (Å²) in [6.07, 6.45) is 2.53. The second-order valence-electron chi connectivity index (χ2n) is 4.31. The SMILES string of the molecule is CC1(C)C(=O)NCCN1S(=O)(=O)c1cnc[nH]1. The Balaban J connectivity index is 2.43. The predicted molar refractivity (Wildman–Crippen MR) is 59.6 cm³/mol. The molecule has 0 radical (unpaired) electrons. The van der Waals surface area contributed by atoms with E-state index in [1.165, 1.54) is 16.8 Å². The van der Waals surface area contributed by atoms with Gasteiger partial charge in [0.05, 0.1) is 12.5 Å². The van der Waals surface area contributed by atoms with Crippen molar-refractivity contribution in [1.82, 2.24) is 19.6 Å². The number of H-pyrrole nitrogens is 1. The molecule has 0 saturated carbocycles. The topological polar surface area (TPSA) is 95.2 Å². The molecule has 1 amide bonds. The zero-order valence-electron chi connectivity index (χ0n) is 9.60. The quantitative estimate of drug-likeness (QED) is 0.734. The second-order valence-corrected chi connectivity index (χ2v) is 6.14. The maximum atomic E-state index is 12.3. The monoisotopic (exact) mass is 258 g/mol. The van der Waals surface area contributed by atoms with E-state index in [4.69, 9.17) is 0 Å². The molecule has 7 nitrogen and oxygen atoms in total. The number of amides is 1. The van der Waals surface area contributed by atoms with Crippen molar-refractivity contribution in [3.63, 3.8) is 0 Å². The Labute approximate surface area is 99.3 Å².